The number of nitrogens with one attached hydrogen (secondary N) is 1. The largest absolute Gasteiger partial charge is 0.481 e. The number of aliphatic hydroxyl groups is 2. The molecular formula is C49H65FN2O10. The number of ether oxygens (including phenoxy) is 1. The number of amides is 1. The molecule has 0 spiro atoms. The standard InChI is InChI=1S/C33H35FN2O5.C16H30O5/c1-21(2)31-30(33(41)35-25-11-7-4-8-12-25)29(22-9-5-3-6-10-22)32(23-13-15-24(34)16-14-23)36(31)18-17-26(37)19-27(38)20-28(39)40;1-15(2,13(17)18)9-5-7-11-21-12-8-6-10-16(3,4)14(19)20/h3-16,21,26-27,37-38H,17-20H2,1-2H3,(H,35,41)(H,39,40);5-12H2,1-4H3,(H,17,18)(H,19,20)/t26-,27-;/m1./s1. The van der Waals surface area contributed by atoms with Gasteiger partial charge in [-0.25, -0.2) is 4.39 Å². The fraction of sp³-hybridized carbons (Fsp3) is 0.469. The number of unbranched alkanes of at least 4 members (excludes halogenated alkanes) is 2. The molecule has 13 heteroatoms. The highest BCUT2D eigenvalue weighted by atomic mass is 19.1. The van der Waals surface area contributed by atoms with Crippen LogP contribution in [0.2, 0.25) is 0 Å². The number of aliphatic hydroxyl groups excluding tert-OH is 2. The number of carboxylic acids is 3. The Labute approximate surface area is 364 Å². The number of anilines is 1. The lowest BCUT2D eigenvalue weighted by Gasteiger charge is -2.20. The zero-order valence-electron chi connectivity index (χ0n) is 36.9. The molecule has 1 aromatic heterocycles. The summed E-state index contributed by atoms with van der Waals surface area (Å²) in [6, 6.07) is 24.8. The zero-order chi connectivity index (χ0) is 46.0. The van der Waals surface area contributed by atoms with Gasteiger partial charge in [-0.15, -0.1) is 0 Å². The molecule has 2 atom stereocenters. The van der Waals surface area contributed by atoms with Crippen LogP contribution < -0.4 is 5.32 Å². The second-order valence-corrected chi connectivity index (χ2v) is 17.3. The van der Waals surface area contributed by atoms with E-state index in [2.05, 4.69) is 5.32 Å². The van der Waals surface area contributed by atoms with Gasteiger partial charge in [-0.2, -0.15) is 0 Å². The van der Waals surface area contributed by atoms with Gasteiger partial charge in [0.1, 0.15) is 5.82 Å². The Bertz CT molecular complexity index is 2000. The summed E-state index contributed by atoms with van der Waals surface area (Å²) in [4.78, 5) is 46.9. The number of hydrogen-bond acceptors (Lipinski definition) is 7. The first-order valence-electron chi connectivity index (χ1n) is 21.3. The Morgan fingerprint density at radius 3 is 1.71 bits per heavy atom. The van der Waals surface area contributed by atoms with E-state index in [0.29, 0.717) is 54.1 Å². The van der Waals surface area contributed by atoms with E-state index in [1.807, 2.05) is 79.1 Å². The molecule has 1 heterocycles. The highest BCUT2D eigenvalue weighted by Crippen LogP contribution is 2.43. The van der Waals surface area contributed by atoms with Gasteiger partial charge in [-0.1, -0.05) is 75.2 Å². The number of halogens is 1. The van der Waals surface area contributed by atoms with Gasteiger partial charge in [0.2, 0.25) is 0 Å². The number of nitrogens with zero attached hydrogens (tertiary/aromatic N) is 1. The van der Waals surface area contributed by atoms with Crippen LogP contribution in [-0.2, 0) is 25.7 Å². The van der Waals surface area contributed by atoms with Crippen molar-refractivity contribution in [3.8, 4) is 22.4 Å². The minimum absolute atomic E-state index is 0.0939. The molecule has 0 bridgehead atoms. The van der Waals surface area contributed by atoms with E-state index in [1.165, 1.54) is 12.1 Å². The van der Waals surface area contributed by atoms with Gasteiger partial charge < -0.3 is 40.2 Å². The molecule has 1 amide bonds. The Kier molecular flexibility index (Phi) is 20.0. The molecule has 0 saturated heterocycles. The molecule has 0 radical (unpaired) electrons. The van der Waals surface area contributed by atoms with Crippen LogP contribution in [0.25, 0.3) is 22.4 Å². The third-order valence-corrected chi connectivity index (χ3v) is 10.8. The summed E-state index contributed by atoms with van der Waals surface area (Å²) >= 11 is 0. The number of para-hydroxylation sites is 1. The lowest BCUT2D eigenvalue weighted by Crippen LogP contribution is -2.23. The van der Waals surface area contributed by atoms with Crippen LogP contribution in [0.1, 0.15) is 121 Å². The number of benzene rings is 3. The number of aromatic nitrogens is 1. The quantitative estimate of drug-likeness (QED) is 0.0369. The van der Waals surface area contributed by atoms with Crippen LogP contribution in [0.3, 0.4) is 0 Å². The molecular weight excluding hydrogens is 796 g/mol. The van der Waals surface area contributed by atoms with Crippen LogP contribution in [0, 0.1) is 16.6 Å². The summed E-state index contributed by atoms with van der Waals surface area (Å²) in [5, 5.41) is 50.7. The van der Waals surface area contributed by atoms with E-state index in [0.717, 1.165) is 36.9 Å². The summed E-state index contributed by atoms with van der Waals surface area (Å²) in [6.07, 6.45) is 2.19. The van der Waals surface area contributed by atoms with Crippen molar-refractivity contribution < 1.29 is 53.8 Å². The van der Waals surface area contributed by atoms with E-state index in [1.54, 1.807) is 39.8 Å². The zero-order valence-corrected chi connectivity index (χ0v) is 36.9. The van der Waals surface area contributed by atoms with E-state index in [4.69, 9.17) is 20.1 Å². The average molecular weight is 861 g/mol. The van der Waals surface area contributed by atoms with Crippen molar-refractivity contribution in [1.82, 2.24) is 4.57 Å². The number of carbonyl (C=O) groups excluding carboxylic acids is 1. The van der Waals surface area contributed by atoms with Crippen molar-refractivity contribution in [3.63, 3.8) is 0 Å². The van der Waals surface area contributed by atoms with E-state index in [-0.39, 0.29) is 37.0 Å². The van der Waals surface area contributed by atoms with E-state index >= 15 is 0 Å². The van der Waals surface area contributed by atoms with Gasteiger partial charge in [-0.05, 0) is 120 Å². The van der Waals surface area contributed by atoms with Crippen molar-refractivity contribution >= 4 is 29.5 Å². The smallest absolute Gasteiger partial charge is 0.309 e. The summed E-state index contributed by atoms with van der Waals surface area (Å²) < 4.78 is 21.5. The predicted molar refractivity (Wildman–Crippen MR) is 239 cm³/mol. The molecule has 4 aromatic rings. The molecule has 4 rings (SSSR count). The van der Waals surface area contributed by atoms with Crippen LogP contribution in [0.4, 0.5) is 10.1 Å². The monoisotopic (exact) mass is 860 g/mol. The number of hydrogen-bond donors (Lipinski definition) is 6. The van der Waals surface area contributed by atoms with Gasteiger partial charge >= 0.3 is 17.9 Å². The maximum atomic E-state index is 14.0. The first-order chi connectivity index (χ1) is 29.2. The molecule has 62 heavy (non-hydrogen) atoms. The molecule has 0 fully saturated rings. The summed E-state index contributed by atoms with van der Waals surface area (Å²) in [5.41, 5.74) is 3.44. The van der Waals surface area contributed by atoms with Gasteiger partial charge in [-0.3, -0.25) is 19.2 Å². The lowest BCUT2D eigenvalue weighted by molar-refractivity contribution is -0.148. The number of carbonyl (C=O) groups is 4. The van der Waals surface area contributed by atoms with Crippen LogP contribution in [-0.4, -0.2) is 79.3 Å². The molecule has 3 aromatic carbocycles. The Morgan fingerprint density at radius 1 is 0.710 bits per heavy atom. The first kappa shape index (κ1) is 51.0. The highest BCUT2D eigenvalue weighted by molar-refractivity contribution is 6.12. The lowest BCUT2D eigenvalue weighted by atomic mass is 9.87. The molecule has 0 saturated carbocycles. The highest BCUT2D eigenvalue weighted by Gasteiger charge is 2.31. The minimum Gasteiger partial charge on any atom is -0.481 e. The van der Waals surface area contributed by atoms with E-state index < -0.39 is 47.4 Å². The minimum atomic E-state index is -1.18. The molecule has 0 aliphatic rings. The summed E-state index contributed by atoms with van der Waals surface area (Å²) in [5.74, 6) is -3.45. The Hall–Kier alpha value is -5.37. The third-order valence-electron chi connectivity index (χ3n) is 10.8. The SMILES string of the molecule is CC(C)(CCCCOCCCCC(C)(C)C(=O)O)C(=O)O.CC(C)c1c(C(=O)Nc2ccccc2)c(-c2ccccc2)c(-c2ccc(F)cc2)n1CC[C@@H](O)C[C@@H](O)CC(=O)O. The van der Waals surface area contributed by atoms with Crippen molar-refractivity contribution in [2.75, 3.05) is 18.5 Å². The fourth-order valence-corrected chi connectivity index (χ4v) is 7.06. The predicted octanol–water partition coefficient (Wildman–Crippen LogP) is 9.88. The van der Waals surface area contributed by atoms with Gasteiger partial charge in [0.05, 0.1) is 40.7 Å². The maximum Gasteiger partial charge on any atom is 0.309 e. The maximum absolute atomic E-state index is 14.0. The molecule has 0 unspecified atom stereocenters. The van der Waals surface area contributed by atoms with E-state index in [9.17, 15) is 33.8 Å². The second-order valence-electron chi connectivity index (χ2n) is 17.3. The molecule has 12 nitrogen and oxygen atoms in total. The molecule has 338 valence electrons. The molecule has 0 aliphatic heterocycles. The van der Waals surface area contributed by atoms with Gasteiger partial charge in [0.25, 0.3) is 5.91 Å². The molecule has 6 N–H and O–H groups in total. The van der Waals surface area contributed by atoms with Gasteiger partial charge in [0.15, 0.2) is 0 Å². The second kappa shape index (κ2) is 24.3. The third kappa shape index (κ3) is 15.8. The normalized spacial score (nSPS) is 12.6. The summed E-state index contributed by atoms with van der Waals surface area (Å²) in [7, 11) is 0. The Balaban J connectivity index is 0.000000413. The van der Waals surface area contributed by atoms with Crippen LogP contribution in [0.5, 0.6) is 0 Å². The van der Waals surface area contributed by atoms with Crippen LogP contribution >= 0.6 is 0 Å². The first-order valence-corrected chi connectivity index (χ1v) is 21.3. The summed E-state index contributed by atoms with van der Waals surface area (Å²) in [6.45, 7) is 12.5. The van der Waals surface area contributed by atoms with Crippen molar-refractivity contribution in [2.45, 2.75) is 124 Å². The van der Waals surface area contributed by atoms with Gasteiger partial charge in [0, 0.05) is 36.7 Å². The molecule has 0 aliphatic carbocycles. The topological polar surface area (TPSA) is 196 Å². The van der Waals surface area contributed by atoms with Crippen molar-refractivity contribution in [3.05, 3.63) is 102 Å². The number of carboxylic acid groups (broad SMARTS) is 3. The number of aliphatic carboxylic acids is 3. The fourth-order valence-electron chi connectivity index (χ4n) is 7.06. The van der Waals surface area contributed by atoms with Crippen molar-refractivity contribution in [2.24, 2.45) is 10.8 Å². The van der Waals surface area contributed by atoms with Crippen LogP contribution in [0.15, 0.2) is 84.9 Å². The average Bonchev–Trinajstić information content (AvgIpc) is 3.56. The van der Waals surface area contributed by atoms with Crippen molar-refractivity contribution in [1.29, 1.82) is 0 Å². The Morgan fingerprint density at radius 2 is 1.23 bits per heavy atom. The number of rotatable bonds is 24.